The van der Waals surface area contributed by atoms with E-state index < -0.39 is 35.8 Å². The zero-order chi connectivity index (χ0) is 25.3. The zero-order valence-corrected chi connectivity index (χ0v) is 24.4. The van der Waals surface area contributed by atoms with E-state index in [4.69, 9.17) is 19.9 Å². The predicted molar refractivity (Wildman–Crippen MR) is 142 cm³/mol. The molecule has 1 aromatic carbocycles. The summed E-state index contributed by atoms with van der Waals surface area (Å²) in [5.41, 5.74) is 6.79. The van der Waals surface area contributed by atoms with Gasteiger partial charge >= 0.3 is 17.9 Å². The van der Waals surface area contributed by atoms with Crippen molar-refractivity contribution in [3.05, 3.63) is 21.8 Å². The highest BCUT2D eigenvalue weighted by Gasteiger charge is 2.27. The molecule has 0 fully saturated rings. The summed E-state index contributed by atoms with van der Waals surface area (Å²) in [5, 5.41) is 5.25. The Kier molecular flexibility index (Phi) is 12.6. The first-order chi connectivity index (χ1) is 15.4. The molecule has 0 heterocycles. The lowest BCUT2D eigenvalue weighted by molar-refractivity contribution is -0.155. The molecule has 0 aromatic heterocycles. The van der Waals surface area contributed by atoms with Crippen LogP contribution in [-0.4, -0.2) is 62.1 Å². The quantitative estimate of drug-likeness (QED) is 0.105. The first kappa shape index (κ1) is 29.6. The van der Waals surface area contributed by atoms with Gasteiger partial charge in [-0.2, -0.15) is 0 Å². The standard InChI is InChI=1S/C19H22I3N3O8/c1-8(26)31-5-4-24-18(29)12-14(20)13(16(22)17(23)15(12)21)19(30)25-6-11(33-10(3)28)7-32-9(2)27/h11H,4-7,23H2,1-3H3,(H,24,29)(H,25,30). The first-order valence-corrected chi connectivity index (χ1v) is 12.6. The molecule has 11 nitrogen and oxygen atoms in total. The summed E-state index contributed by atoms with van der Waals surface area (Å²) in [5.74, 6) is -2.66. The Labute approximate surface area is 231 Å². The number of carbonyl (C=O) groups is 5. The molecular formula is C19H22I3N3O8. The number of anilines is 1. The smallest absolute Gasteiger partial charge is 0.303 e. The summed E-state index contributed by atoms with van der Waals surface area (Å²) >= 11 is 5.73. The van der Waals surface area contributed by atoms with Gasteiger partial charge in [0.1, 0.15) is 13.2 Å². The van der Waals surface area contributed by atoms with Crippen LogP contribution in [0.1, 0.15) is 41.5 Å². The van der Waals surface area contributed by atoms with E-state index in [9.17, 15) is 24.0 Å². The van der Waals surface area contributed by atoms with Crippen molar-refractivity contribution < 1.29 is 38.2 Å². The Morgan fingerprint density at radius 2 is 1.33 bits per heavy atom. The molecular weight excluding hydrogens is 779 g/mol. The summed E-state index contributed by atoms with van der Waals surface area (Å²) in [4.78, 5) is 58.9. The van der Waals surface area contributed by atoms with Crippen LogP contribution in [-0.2, 0) is 28.6 Å². The highest BCUT2D eigenvalue weighted by atomic mass is 127. The van der Waals surface area contributed by atoms with Crippen molar-refractivity contribution in [1.82, 2.24) is 10.6 Å². The summed E-state index contributed by atoms with van der Waals surface area (Å²) in [6.07, 6.45) is -0.893. The molecule has 182 valence electrons. The van der Waals surface area contributed by atoms with E-state index in [-0.39, 0.29) is 43.1 Å². The highest BCUT2D eigenvalue weighted by molar-refractivity contribution is 14.1. The Balaban J connectivity index is 3.09. The van der Waals surface area contributed by atoms with Crippen molar-refractivity contribution in [2.45, 2.75) is 26.9 Å². The van der Waals surface area contributed by atoms with E-state index >= 15 is 0 Å². The topological polar surface area (TPSA) is 163 Å². The van der Waals surface area contributed by atoms with Crippen molar-refractivity contribution >= 4 is 103 Å². The van der Waals surface area contributed by atoms with Gasteiger partial charge in [0, 0.05) is 24.3 Å². The molecule has 4 N–H and O–H groups in total. The first-order valence-electron chi connectivity index (χ1n) is 9.33. The Morgan fingerprint density at radius 3 is 1.82 bits per heavy atom. The number of rotatable bonds is 10. The molecule has 1 aromatic rings. The third-order valence-corrected chi connectivity index (χ3v) is 7.11. The van der Waals surface area contributed by atoms with Crippen LogP contribution in [0.4, 0.5) is 5.69 Å². The molecule has 0 aliphatic rings. The second kappa shape index (κ2) is 14.1. The van der Waals surface area contributed by atoms with E-state index in [0.29, 0.717) is 10.7 Å². The molecule has 0 spiro atoms. The number of amides is 2. The largest absolute Gasteiger partial charge is 0.464 e. The number of ether oxygens (including phenoxy) is 3. The van der Waals surface area contributed by atoms with Gasteiger partial charge in [-0.25, -0.2) is 0 Å². The van der Waals surface area contributed by atoms with E-state index in [1.165, 1.54) is 20.8 Å². The van der Waals surface area contributed by atoms with E-state index in [2.05, 4.69) is 10.6 Å². The Hall–Kier alpha value is -1.44. The SMILES string of the molecule is CC(=O)OCCNC(=O)c1c(I)c(N)c(I)c(C(=O)NCC(COC(C)=O)OC(C)=O)c1I. The van der Waals surface area contributed by atoms with Crippen LogP contribution in [0.3, 0.4) is 0 Å². The lowest BCUT2D eigenvalue weighted by Gasteiger charge is -2.19. The van der Waals surface area contributed by atoms with Crippen molar-refractivity contribution in [2.24, 2.45) is 0 Å². The number of esters is 3. The minimum atomic E-state index is -0.893. The molecule has 0 aliphatic heterocycles. The number of hydrogen-bond donors (Lipinski definition) is 3. The number of hydrogen-bond acceptors (Lipinski definition) is 9. The molecule has 1 atom stereocenters. The number of benzene rings is 1. The second-order valence-electron chi connectivity index (χ2n) is 6.45. The molecule has 0 saturated carbocycles. The number of halogens is 3. The molecule has 1 unspecified atom stereocenters. The molecule has 33 heavy (non-hydrogen) atoms. The van der Waals surface area contributed by atoms with Gasteiger partial charge in [0.25, 0.3) is 11.8 Å². The maximum absolute atomic E-state index is 13.0. The zero-order valence-electron chi connectivity index (χ0n) is 17.9. The number of nitrogen functional groups attached to an aromatic ring is 1. The van der Waals surface area contributed by atoms with Crippen molar-refractivity contribution in [3.63, 3.8) is 0 Å². The van der Waals surface area contributed by atoms with Gasteiger partial charge in [-0.05, 0) is 67.8 Å². The Morgan fingerprint density at radius 1 is 0.818 bits per heavy atom. The van der Waals surface area contributed by atoms with Crippen LogP contribution in [0, 0.1) is 10.7 Å². The van der Waals surface area contributed by atoms with Crippen molar-refractivity contribution in [1.29, 1.82) is 0 Å². The molecule has 14 heteroatoms. The number of carbonyl (C=O) groups excluding carboxylic acids is 5. The average molecular weight is 801 g/mol. The summed E-state index contributed by atoms with van der Waals surface area (Å²) in [6.45, 7) is 3.39. The van der Waals surface area contributed by atoms with Gasteiger partial charge in [-0.1, -0.05) is 0 Å². The fourth-order valence-electron chi connectivity index (χ4n) is 2.40. The predicted octanol–water partition coefficient (Wildman–Crippen LogP) is 1.60. The molecule has 1 rings (SSSR count). The van der Waals surface area contributed by atoms with E-state index in [0.717, 1.165) is 0 Å². The average Bonchev–Trinajstić information content (AvgIpc) is 2.71. The van der Waals surface area contributed by atoms with Crippen LogP contribution in [0.15, 0.2) is 0 Å². The van der Waals surface area contributed by atoms with Gasteiger partial charge < -0.3 is 30.6 Å². The molecule has 2 amide bonds. The van der Waals surface area contributed by atoms with Crippen LogP contribution in [0.5, 0.6) is 0 Å². The normalized spacial score (nSPS) is 11.2. The summed E-state index contributed by atoms with van der Waals surface area (Å²) in [6, 6.07) is 0. The van der Waals surface area contributed by atoms with Crippen molar-refractivity contribution in [2.75, 3.05) is 32.0 Å². The minimum Gasteiger partial charge on any atom is -0.464 e. The maximum atomic E-state index is 13.0. The maximum Gasteiger partial charge on any atom is 0.303 e. The monoisotopic (exact) mass is 801 g/mol. The van der Waals surface area contributed by atoms with Crippen LogP contribution in [0.2, 0.25) is 0 Å². The number of nitrogens with two attached hydrogens (primary N) is 1. The van der Waals surface area contributed by atoms with Gasteiger partial charge in [-0.15, -0.1) is 0 Å². The number of nitrogens with one attached hydrogen (secondary N) is 2. The van der Waals surface area contributed by atoms with E-state index in [1.807, 2.05) is 67.8 Å². The molecule has 0 aliphatic carbocycles. The molecule has 0 radical (unpaired) electrons. The lowest BCUT2D eigenvalue weighted by atomic mass is 10.1. The van der Waals surface area contributed by atoms with Gasteiger partial charge in [0.05, 0.1) is 37.0 Å². The lowest BCUT2D eigenvalue weighted by Crippen LogP contribution is -2.38. The third-order valence-electron chi connectivity index (χ3n) is 3.79. The summed E-state index contributed by atoms with van der Waals surface area (Å²) in [7, 11) is 0. The fraction of sp³-hybridized carbons (Fsp3) is 0.421. The van der Waals surface area contributed by atoms with Crippen molar-refractivity contribution in [3.8, 4) is 0 Å². The second-order valence-corrected chi connectivity index (χ2v) is 9.68. The molecule has 0 bridgehead atoms. The van der Waals surface area contributed by atoms with Crippen LogP contribution >= 0.6 is 67.8 Å². The third kappa shape index (κ3) is 9.38. The Bertz CT molecular complexity index is 955. The van der Waals surface area contributed by atoms with E-state index in [1.54, 1.807) is 0 Å². The van der Waals surface area contributed by atoms with Gasteiger partial charge in [0.2, 0.25) is 0 Å². The van der Waals surface area contributed by atoms with Crippen LogP contribution < -0.4 is 16.4 Å². The minimum absolute atomic E-state index is 0.00129. The highest BCUT2D eigenvalue weighted by Crippen LogP contribution is 2.33. The molecule has 0 saturated heterocycles. The fourth-order valence-corrected chi connectivity index (χ4v) is 6.55. The summed E-state index contributed by atoms with van der Waals surface area (Å²) < 4.78 is 16.0. The van der Waals surface area contributed by atoms with Crippen LogP contribution in [0.25, 0.3) is 0 Å². The van der Waals surface area contributed by atoms with Gasteiger partial charge in [-0.3, -0.25) is 24.0 Å². The van der Waals surface area contributed by atoms with Gasteiger partial charge in [0.15, 0.2) is 6.10 Å².